The van der Waals surface area contributed by atoms with E-state index < -0.39 is 0 Å². The van der Waals surface area contributed by atoms with E-state index in [0.717, 1.165) is 6.29 Å². The Kier molecular flexibility index (Phi) is 4.20. The lowest BCUT2D eigenvalue weighted by molar-refractivity contribution is -0.00207. The molecule has 2 heteroatoms. The molecule has 0 atom stereocenters. The fourth-order valence-electron chi connectivity index (χ4n) is 2.46. The van der Waals surface area contributed by atoms with Crippen molar-refractivity contribution >= 4 is 6.29 Å². The number of ether oxygens (including phenoxy) is 1. The van der Waals surface area contributed by atoms with Crippen molar-refractivity contribution in [2.45, 2.75) is 47.6 Å². The number of benzene rings is 1. The quantitative estimate of drug-likeness (QED) is 0.744. The van der Waals surface area contributed by atoms with Crippen LogP contribution in [0.15, 0.2) is 24.3 Å². The van der Waals surface area contributed by atoms with E-state index in [1.165, 1.54) is 0 Å². The molecule has 0 amide bonds. The molecule has 18 heavy (non-hydrogen) atoms. The number of para-hydroxylation sites is 1. The first kappa shape index (κ1) is 14.7. The standard InChI is InChI=1S/C16H24O2/c1-15(2,3)14(16(4,5)6)18-13-10-8-7-9-12(13)11-17/h7-11,14H,1-6H3. The van der Waals surface area contributed by atoms with Crippen LogP contribution >= 0.6 is 0 Å². The van der Waals surface area contributed by atoms with Gasteiger partial charge in [0.25, 0.3) is 0 Å². The van der Waals surface area contributed by atoms with Gasteiger partial charge in [0.05, 0.1) is 5.56 Å². The first-order valence-corrected chi connectivity index (χ1v) is 6.37. The summed E-state index contributed by atoms with van der Waals surface area (Å²) in [6.45, 7) is 13.0. The molecule has 1 aromatic carbocycles. The van der Waals surface area contributed by atoms with Crippen molar-refractivity contribution in [3.8, 4) is 5.75 Å². The first-order chi connectivity index (χ1) is 8.16. The van der Waals surface area contributed by atoms with Crippen LogP contribution in [0.3, 0.4) is 0 Å². The highest BCUT2D eigenvalue weighted by Crippen LogP contribution is 2.37. The zero-order chi connectivity index (χ0) is 14.0. The lowest BCUT2D eigenvalue weighted by atomic mass is 9.74. The average Bonchev–Trinajstić information content (AvgIpc) is 2.23. The zero-order valence-corrected chi connectivity index (χ0v) is 12.3. The maximum Gasteiger partial charge on any atom is 0.153 e. The minimum absolute atomic E-state index is 0.00818. The van der Waals surface area contributed by atoms with Crippen LogP contribution in [0.2, 0.25) is 0 Å². The molecule has 0 aliphatic rings. The van der Waals surface area contributed by atoms with Gasteiger partial charge < -0.3 is 4.74 Å². The van der Waals surface area contributed by atoms with E-state index in [-0.39, 0.29) is 16.9 Å². The molecule has 0 radical (unpaired) electrons. The Morgan fingerprint density at radius 2 is 1.50 bits per heavy atom. The molecular weight excluding hydrogens is 224 g/mol. The fourth-order valence-corrected chi connectivity index (χ4v) is 2.46. The van der Waals surface area contributed by atoms with Gasteiger partial charge in [0.1, 0.15) is 11.9 Å². The van der Waals surface area contributed by atoms with Crippen molar-refractivity contribution < 1.29 is 9.53 Å². The summed E-state index contributed by atoms with van der Waals surface area (Å²) in [6, 6.07) is 7.38. The molecule has 1 rings (SSSR count). The lowest BCUT2D eigenvalue weighted by Gasteiger charge is -2.40. The van der Waals surface area contributed by atoms with Gasteiger partial charge in [0.15, 0.2) is 6.29 Å². The number of hydrogen-bond acceptors (Lipinski definition) is 2. The second kappa shape index (κ2) is 5.13. The first-order valence-electron chi connectivity index (χ1n) is 6.37. The molecule has 0 aliphatic heterocycles. The van der Waals surface area contributed by atoms with E-state index in [1.807, 2.05) is 18.2 Å². The van der Waals surface area contributed by atoms with Crippen LogP contribution in [0.4, 0.5) is 0 Å². The summed E-state index contributed by atoms with van der Waals surface area (Å²) in [5.41, 5.74) is 0.624. The van der Waals surface area contributed by atoms with Gasteiger partial charge in [-0.1, -0.05) is 53.7 Å². The number of carbonyl (C=O) groups is 1. The third-order valence-corrected chi connectivity index (χ3v) is 2.86. The van der Waals surface area contributed by atoms with E-state index in [0.29, 0.717) is 11.3 Å². The smallest absolute Gasteiger partial charge is 0.153 e. The largest absolute Gasteiger partial charge is 0.489 e. The summed E-state index contributed by atoms with van der Waals surface area (Å²) in [6.07, 6.45) is 0.878. The molecule has 2 nitrogen and oxygen atoms in total. The van der Waals surface area contributed by atoms with Gasteiger partial charge in [0.2, 0.25) is 0 Å². The molecular formula is C16H24O2. The van der Waals surface area contributed by atoms with Gasteiger partial charge >= 0.3 is 0 Å². The second-order valence-electron chi connectivity index (χ2n) is 6.89. The molecule has 0 bridgehead atoms. The Bertz CT molecular complexity index is 394. The van der Waals surface area contributed by atoms with E-state index in [9.17, 15) is 4.79 Å². The Hall–Kier alpha value is -1.31. The van der Waals surface area contributed by atoms with Crippen LogP contribution < -0.4 is 4.74 Å². The van der Waals surface area contributed by atoms with Crippen molar-refractivity contribution in [3.05, 3.63) is 29.8 Å². The normalized spacial score (nSPS) is 12.6. The van der Waals surface area contributed by atoms with Crippen LogP contribution in [-0.4, -0.2) is 12.4 Å². The van der Waals surface area contributed by atoms with Gasteiger partial charge in [-0.05, 0) is 23.0 Å². The van der Waals surface area contributed by atoms with Crippen molar-refractivity contribution in [1.29, 1.82) is 0 Å². The van der Waals surface area contributed by atoms with E-state index >= 15 is 0 Å². The molecule has 0 saturated carbocycles. The van der Waals surface area contributed by atoms with E-state index in [1.54, 1.807) is 6.07 Å². The number of hydrogen-bond donors (Lipinski definition) is 0. The Labute approximate surface area is 110 Å². The van der Waals surface area contributed by atoms with Crippen molar-refractivity contribution in [3.63, 3.8) is 0 Å². The molecule has 0 aromatic heterocycles. The summed E-state index contributed by atoms with van der Waals surface area (Å²) in [5, 5.41) is 0. The molecule has 0 saturated heterocycles. The van der Waals surface area contributed by atoms with Crippen LogP contribution in [-0.2, 0) is 0 Å². The maximum absolute atomic E-state index is 11.0. The van der Waals surface area contributed by atoms with Gasteiger partial charge in [0, 0.05) is 0 Å². The Morgan fingerprint density at radius 1 is 1.00 bits per heavy atom. The van der Waals surface area contributed by atoms with Gasteiger partial charge in [-0.3, -0.25) is 4.79 Å². The van der Waals surface area contributed by atoms with E-state index in [4.69, 9.17) is 4.74 Å². The van der Waals surface area contributed by atoms with Crippen LogP contribution in [0, 0.1) is 10.8 Å². The van der Waals surface area contributed by atoms with E-state index in [2.05, 4.69) is 41.5 Å². The monoisotopic (exact) mass is 248 g/mol. The lowest BCUT2D eigenvalue weighted by Crippen LogP contribution is -2.43. The van der Waals surface area contributed by atoms with Crippen molar-refractivity contribution in [2.75, 3.05) is 0 Å². The fraction of sp³-hybridized carbons (Fsp3) is 0.562. The van der Waals surface area contributed by atoms with Crippen molar-refractivity contribution in [1.82, 2.24) is 0 Å². The Morgan fingerprint density at radius 3 is 1.94 bits per heavy atom. The maximum atomic E-state index is 11.0. The van der Waals surface area contributed by atoms with Gasteiger partial charge in [-0.25, -0.2) is 0 Å². The highest BCUT2D eigenvalue weighted by molar-refractivity contribution is 5.79. The van der Waals surface area contributed by atoms with Gasteiger partial charge in [-0.15, -0.1) is 0 Å². The van der Waals surface area contributed by atoms with Crippen molar-refractivity contribution in [2.24, 2.45) is 10.8 Å². The van der Waals surface area contributed by atoms with Crippen LogP contribution in [0.5, 0.6) is 5.75 Å². The molecule has 0 unspecified atom stereocenters. The molecule has 0 N–H and O–H groups in total. The molecule has 100 valence electrons. The molecule has 0 fully saturated rings. The predicted octanol–water partition coefficient (Wildman–Crippen LogP) is 4.34. The summed E-state index contributed by atoms with van der Waals surface area (Å²) in [4.78, 5) is 11.0. The third kappa shape index (κ3) is 3.59. The zero-order valence-electron chi connectivity index (χ0n) is 12.3. The molecule has 1 aromatic rings. The SMILES string of the molecule is CC(C)(C)C(Oc1ccccc1C=O)C(C)(C)C. The molecule has 0 aliphatic carbocycles. The molecule has 0 heterocycles. The molecule has 0 spiro atoms. The second-order valence-corrected chi connectivity index (χ2v) is 6.89. The summed E-state index contributed by atoms with van der Waals surface area (Å²) >= 11 is 0. The third-order valence-electron chi connectivity index (χ3n) is 2.86. The average molecular weight is 248 g/mol. The number of carbonyl (C=O) groups excluding carboxylic acids is 1. The highest BCUT2D eigenvalue weighted by Gasteiger charge is 2.37. The highest BCUT2D eigenvalue weighted by atomic mass is 16.5. The predicted molar refractivity (Wildman–Crippen MR) is 75.2 cm³/mol. The summed E-state index contributed by atoms with van der Waals surface area (Å²) in [5.74, 6) is 0.669. The summed E-state index contributed by atoms with van der Waals surface area (Å²) in [7, 11) is 0. The van der Waals surface area contributed by atoms with Crippen LogP contribution in [0.1, 0.15) is 51.9 Å². The van der Waals surface area contributed by atoms with Crippen LogP contribution in [0.25, 0.3) is 0 Å². The summed E-state index contributed by atoms with van der Waals surface area (Å²) < 4.78 is 6.13. The minimum atomic E-state index is 0.00818. The number of aldehydes is 1. The topological polar surface area (TPSA) is 26.3 Å². The number of rotatable bonds is 3. The Balaban J connectivity index is 3.08. The minimum Gasteiger partial charge on any atom is -0.489 e. The van der Waals surface area contributed by atoms with Gasteiger partial charge in [-0.2, -0.15) is 0 Å².